The van der Waals surface area contributed by atoms with Crippen LogP contribution in [0.4, 0.5) is 11.8 Å². The molecule has 0 saturated heterocycles. The van der Waals surface area contributed by atoms with Gasteiger partial charge >= 0.3 is 0 Å². The molecule has 0 saturated carbocycles. The standard InChI is InChI=1S/C12H13ClN4O/c1-17(11-7-10(13)15-12(14)16-11)18-8-9-5-3-2-4-6-9/h2-7H,8H2,1H3,(H2,14,15,16). The molecule has 1 aromatic heterocycles. The maximum Gasteiger partial charge on any atom is 0.223 e. The first-order valence-corrected chi connectivity index (χ1v) is 5.73. The van der Waals surface area contributed by atoms with E-state index in [-0.39, 0.29) is 11.1 Å². The third-order valence-electron chi connectivity index (χ3n) is 2.29. The molecule has 0 radical (unpaired) electrons. The van der Waals surface area contributed by atoms with E-state index in [0.29, 0.717) is 12.4 Å². The summed E-state index contributed by atoms with van der Waals surface area (Å²) in [6, 6.07) is 11.4. The lowest BCUT2D eigenvalue weighted by molar-refractivity contribution is 0.106. The number of rotatable bonds is 4. The van der Waals surface area contributed by atoms with Gasteiger partial charge in [-0.1, -0.05) is 41.9 Å². The van der Waals surface area contributed by atoms with E-state index >= 15 is 0 Å². The first-order chi connectivity index (χ1) is 8.65. The van der Waals surface area contributed by atoms with E-state index in [1.165, 1.54) is 5.06 Å². The molecule has 1 aromatic carbocycles. The number of nitrogen functional groups attached to an aromatic ring is 1. The highest BCUT2D eigenvalue weighted by atomic mass is 35.5. The van der Waals surface area contributed by atoms with Crippen molar-refractivity contribution < 1.29 is 4.84 Å². The maximum atomic E-state index is 5.80. The van der Waals surface area contributed by atoms with E-state index in [9.17, 15) is 0 Å². The van der Waals surface area contributed by atoms with Crippen LogP contribution in [0.25, 0.3) is 0 Å². The fourth-order valence-electron chi connectivity index (χ4n) is 1.40. The largest absolute Gasteiger partial charge is 0.368 e. The van der Waals surface area contributed by atoms with Crippen molar-refractivity contribution in [1.82, 2.24) is 9.97 Å². The van der Waals surface area contributed by atoms with Crippen LogP contribution in [-0.2, 0) is 11.4 Å². The topological polar surface area (TPSA) is 64.3 Å². The van der Waals surface area contributed by atoms with Gasteiger partial charge in [0.05, 0.1) is 6.61 Å². The van der Waals surface area contributed by atoms with Gasteiger partial charge < -0.3 is 5.73 Å². The predicted molar refractivity (Wildman–Crippen MR) is 71.1 cm³/mol. The molecule has 0 aliphatic rings. The number of aromatic nitrogens is 2. The Morgan fingerprint density at radius 2 is 2.00 bits per heavy atom. The molecule has 94 valence electrons. The zero-order valence-electron chi connectivity index (χ0n) is 9.88. The van der Waals surface area contributed by atoms with Crippen molar-refractivity contribution in [3.05, 3.63) is 47.1 Å². The van der Waals surface area contributed by atoms with Gasteiger partial charge in [0.1, 0.15) is 5.15 Å². The smallest absolute Gasteiger partial charge is 0.223 e. The van der Waals surface area contributed by atoms with Crippen molar-refractivity contribution in [3.8, 4) is 0 Å². The third-order valence-corrected chi connectivity index (χ3v) is 2.48. The minimum Gasteiger partial charge on any atom is -0.368 e. The Kier molecular flexibility index (Phi) is 3.96. The van der Waals surface area contributed by atoms with Gasteiger partial charge in [-0.3, -0.25) is 4.84 Å². The van der Waals surface area contributed by atoms with Crippen molar-refractivity contribution in [1.29, 1.82) is 0 Å². The van der Waals surface area contributed by atoms with Gasteiger partial charge in [0, 0.05) is 13.1 Å². The quantitative estimate of drug-likeness (QED) is 0.678. The first kappa shape index (κ1) is 12.6. The fourth-order valence-corrected chi connectivity index (χ4v) is 1.58. The lowest BCUT2D eigenvalue weighted by atomic mass is 10.2. The zero-order chi connectivity index (χ0) is 13.0. The van der Waals surface area contributed by atoms with E-state index < -0.39 is 0 Å². The predicted octanol–water partition coefficient (Wildman–Crippen LogP) is 2.28. The summed E-state index contributed by atoms with van der Waals surface area (Å²) in [5.41, 5.74) is 6.58. The molecule has 5 nitrogen and oxygen atoms in total. The van der Waals surface area contributed by atoms with Crippen molar-refractivity contribution >= 4 is 23.4 Å². The Morgan fingerprint density at radius 1 is 1.28 bits per heavy atom. The molecular formula is C12H13ClN4O. The van der Waals surface area contributed by atoms with Crippen LogP contribution in [0, 0.1) is 0 Å². The summed E-state index contributed by atoms with van der Waals surface area (Å²) in [6.45, 7) is 0.443. The summed E-state index contributed by atoms with van der Waals surface area (Å²) in [4.78, 5) is 13.4. The molecule has 0 bridgehead atoms. The summed E-state index contributed by atoms with van der Waals surface area (Å²) in [5.74, 6) is 0.635. The zero-order valence-corrected chi connectivity index (χ0v) is 10.6. The molecule has 6 heteroatoms. The Morgan fingerprint density at radius 3 is 2.67 bits per heavy atom. The number of anilines is 2. The molecule has 0 spiro atoms. The second kappa shape index (κ2) is 5.66. The highest BCUT2D eigenvalue weighted by molar-refractivity contribution is 6.29. The number of nitrogens with two attached hydrogens (primary N) is 1. The van der Waals surface area contributed by atoms with E-state index in [0.717, 1.165) is 5.56 Å². The van der Waals surface area contributed by atoms with E-state index in [1.807, 2.05) is 30.3 Å². The number of hydroxylamine groups is 1. The monoisotopic (exact) mass is 264 g/mol. The normalized spacial score (nSPS) is 10.3. The van der Waals surface area contributed by atoms with Gasteiger partial charge in [-0.25, -0.2) is 10.0 Å². The molecule has 0 aliphatic carbocycles. The second-order valence-electron chi connectivity index (χ2n) is 3.66. The third kappa shape index (κ3) is 3.32. The molecule has 0 aliphatic heterocycles. The Balaban J connectivity index is 2.01. The van der Waals surface area contributed by atoms with Crippen LogP contribution in [0.1, 0.15) is 5.56 Å². The van der Waals surface area contributed by atoms with Crippen molar-refractivity contribution in [2.75, 3.05) is 17.8 Å². The van der Waals surface area contributed by atoms with Gasteiger partial charge in [-0.05, 0) is 5.56 Å². The lowest BCUT2D eigenvalue weighted by Gasteiger charge is -2.17. The highest BCUT2D eigenvalue weighted by Gasteiger charge is 2.06. The number of hydrogen-bond donors (Lipinski definition) is 1. The van der Waals surface area contributed by atoms with Gasteiger partial charge in [-0.2, -0.15) is 4.98 Å². The van der Waals surface area contributed by atoms with E-state index in [4.69, 9.17) is 22.2 Å². The van der Waals surface area contributed by atoms with Crippen molar-refractivity contribution in [3.63, 3.8) is 0 Å². The average molecular weight is 265 g/mol. The fraction of sp³-hybridized carbons (Fsp3) is 0.167. The summed E-state index contributed by atoms with van der Waals surface area (Å²) in [7, 11) is 1.74. The van der Waals surface area contributed by atoms with Crippen LogP contribution in [0.2, 0.25) is 5.15 Å². The van der Waals surface area contributed by atoms with Crippen LogP contribution in [0.15, 0.2) is 36.4 Å². The van der Waals surface area contributed by atoms with E-state index in [2.05, 4.69) is 9.97 Å². The lowest BCUT2D eigenvalue weighted by Crippen LogP contribution is -2.19. The Labute approximate surface area is 110 Å². The molecule has 0 atom stereocenters. The number of benzene rings is 1. The molecule has 2 aromatic rings. The maximum absolute atomic E-state index is 5.80. The average Bonchev–Trinajstić information content (AvgIpc) is 2.36. The van der Waals surface area contributed by atoms with Crippen molar-refractivity contribution in [2.24, 2.45) is 0 Å². The number of halogens is 1. The Bertz CT molecular complexity index is 500. The SMILES string of the molecule is CN(OCc1ccccc1)c1cc(Cl)nc(N)n1. The van der Waals surface area contributed by atoms with Gasteiger partial charge in [-0.15, -0.1) is 0 Å². The van der Waals surface area contributed by atoms with Crippen LogP contribution in [0.5, 0.6) is 0 Å². The molecule has 18 heavy (non-hydrogen) atoms. The minimum absolute atomic E-state index is 0.118. The molecule has 2 rings (SSSR count). The summed E-state index contributed by atoms with van der Waals surface area (Å²) in [5, 5.41) is 1.80. The Hall–Kier alpha value is -1.85. The van der Waals surface area contributed by atoms with Crippen LogP contribution in [-0.4, -0.2) is 17.0 Å². The number of nitrogens with zero attached hydrogens (tertiary/aromatic N) is 3. The molecular weight excluding hydrogens is 252 g/mol. The second-order valence-corrected chi connectivity index (χ2v) is 4.05. The summed E-state index contributed by atoms with van der Waals surface area (Å²) < 4.78 is 0. The summed E-state index contributed by atoms with van der Waals surface area (Å²) in [6.07, 6.45) is 0. The van der Waals surface area contributed by atoms with Gasteiger partial charge in [0.25, 0.3) is 0 Å². The highest BCUT2D eigenvalue weighted by Crippen LogP contribution is 2.16. The van der Waals surface area contributed by atoms with Crippen LogP contribution >= 0.6 is 11.6 Å². The molecule has 1 heterocycles. The van der Waals surface area contributed by atoms with Gasteiger partial charge in [0.2, 0.25) is 5.95 Å². The minimum atomic E-state index is 0.118. The molecule has 0 unspecified atom stereocenters. The molecule has 0 amide bonds. The first-order valence-electron chi connectivity index (χ1n) is 5.36. The van der Waals surface area contributed by atoms with Crippen LogP contribution in [0.3, 0.4) is 0 Å². The van der Waals surface area contributed by atoms with E-state index in [1.54, 1.807) is 13.1 Å². The van der Waals surface area contributed by atoms with Crippen LogP contribution < -0.4 is 10.8 Å². The number of hydrogen-bond acceptors (Lipinski definition) is 5. The van der Waals surface area contributed by atoms with Gasteiger partial charge in [0.15, 0.2) is 5.82 Å². The summed E-state index contributed by atoms with van der Waals surface area (Å²) >= 11 is 5.80. The molecule has 2 N–H and O–H groups in total. The van der Waals surface area contributed by atoms with Crippen molar-refractivity contribution in [2.45, 2.75) is 6.61 Å². The molecule has 0 fully saturated rings.